The summed E-state index contributed by atoms with van der Waals surface area (Å²) in [7, 11) is 1.74. The fraction of sp³-hybridized carbons (Fsp3) is 0.846. The van der Waals surface area contributed by atoms with Gasteiger partial charge >= 0.3 is 0 Å². The van der Waals surface area contributed by atoms with E-state index in [0.717, 1.165) is 32.2 Å². The van der Waals surface area contributed by atoms with Crippen LogP contribution in [-0.2, 0) is 9.59 Å². The highest BCUT2D eigenvalue weighted by atomic mass is 16.3. The normalized spacial score (nSPS) is 29.6. The van der Waals surface area contributed by atoms with Gasteiger partial charge < -0.3 is 14.9 Å². The molecule has 2 atom stereocenters. The van der Waals surface area contributed by atoms with Gasteiger partial charge in [0.25, 0.3) is 0 Å². The zero-order valence-corrected chi connectivity index (χ0v) is 11.0. The average molecular weight is 254 g/mol. The molecule has 2 aliphatic rings. The topological polar surface area (TPSA) is 60.9 Å². The summed E-state index contributed by atoms with van der Waals surface area (Å²) in [6, 6.07) is -0.0546. The quantitative estimate of drug-likeness (QED) is 0.767. The van der Waals surface area contributed by atoms with Crippen LogP contribution in [0.1, 0.15) is 32.1 Å². The second kappa shape index (κ2) is 5.69. The fourth-order valence-corrected chi connectivity index (χ4v) is 2.92. The van der Waals surface area contributed by atoms with Gasteiger partial charge in [-0.15, -0.1) is 0 Å². The molecule has 1 N–H and O–H groups in total. The SMILES string of the molecule is CN1CC(C(=O)N2CCCCCC2CO)CC1=O. The van der Waals surface area contributed by atoms with Gasteiger partial charge in [-0.25, -0.2) is 0 Å². The molecule has 0 aromatic rings. The van der Waals surface area contributed by atoms with E-state index in [1.807, 2.05) is 4.90 Å². The third-order valence-electron chi connectivity index (χ3n) is 4.06. The number of nitrogens with zero attached hydrogens (tertiary/aromatic N) is 2. The third-order valence-corrected chi connectivity index (χ3v) is 4.06. The predicted molar refractivity (Wildman–Crippen MR) is 66.8 cm³/mol. The highest BCUT2D eigenvalue weighted by Crippen LogP contribution is 2.23. The molecule has 2 unspecified atom stereocenters. The van der Waals surface area contributed by atoms with Crippen LogP contribution in [0.5, 0.6) is 0 Å². The first-order valence-corrected chi connectivity index (χ1v) is 6.78. The Bertz CT molecular complexity index is 332. The lowest BCUT2D eigenvalue weighted by Gasteiger charge is -2.30. The molecule has 0 radical (unpaired) electrons. The van der Waals surface area contributed by atoms with Gasteiger partial charge in [0.1, 0.15) is 0 Å². The Morgan fingerprint density at radius 2 is 2.17 bits per heavy atom. The molecule has 0 aromatic heterocycles. The second-order valence-electron chi connectivity index (χ2n) is 5.39. The average Bonchev–Trinajstić information content (AvgIpc) is 2.58. The molecule has 2 fully saturated rings. The number of carbonyl (C=O) groups excluding carboxylic acids is 2. The fourth-order valence-electron chi connectivity index (χ4n) is 2.92. The summed E-state index contributed by atoms with van der Waals surface area (Å²) in [5, 5.41) is 9.41. The molecule has 2 amide bonds. The van der Waals surface area contributed by atoms with Crippen molar-refractivity contribution in [2.45, 2.75) is 38.1 Å². The lowest BCUT2D eigenvalue weighted by Crippen LogP contribution is -2.45. The first-order chi connectivity index (χ1) is 8.63. The lowest BCUT2D eigenvalue weighted by molar-refractivity contribution is -0.138. The van der Waals surface area contributed by atoms with Gasteiger partial charge in [0.05, 0.1) is 18.6 Å². The van der Waals surface area contributed by atoms with Crippen molar-refractivity contribution < 1.29 is 14.7 Å². The summed E-state index contributed by atoms with van der Waals surface area (Å²) in [5.74, 6) is -0.118. The van der Waals surface area contributed by atoms with E-state index in [1.54, 1.807) is 11.9 Å². The predicted octanol–water partition coefficient (Wildman–Crippen LogP) is 0.228. The van der Waals surface area contributed by atoms with Crippen LogP contribution in [-0.4, -0.2) is 59.5 Å². The Labute approximate surface area is 108 Å². The first kappa shape index (κ1) is 13.3. The minimum Gasteiger partial charge on any atom is -0.394 e. The van der Waals surface area contributed by atoms with Crippen LogP contribution in [0, 0.1) is 5.92 Å². The summed E-state index contributed by atoms with van der Waals surface area (Å²) in [4.78, 5) is 27.4. The van der Waals surface area contributed by atoms with Crippen LogP contribution in [0.25, 0.3) is 0 Å². The standard InChI is InChI=1S/C13H22N2O3/c1-14-8-10(7-12(14)17)13(18)15-6-4-2-3-5-11(15)9-16/h10-11,16H,2-9H2,1H3. The van der Waals surface area contributed by atoms with E-state index < -0.39 is 0 Å². The Kier molecular flexibility index (Phi) is 4.22. The molecular weight excluding hydrogens is 232 g/mol. The van der Waals surface area contributed by atoms with Crippen LogP contribution in [0.2, 0.25) is 0 Å². The number of aliphatic hydroxyl groups is 1. The number of carbonyl (C=O) groups is 2. The summed E-state index contributed by atoms with van der Waals surface area (Å²) in [6.07, 6.45) is 4.38. The van der Waals surface area contributed by atoms with Gasteiger partial charge in [0, 0.05) is 26.6 Å². The van der Waals surface area contributed by atoms with Crippen molar-refractivity contribution in [2.75, 3.05) is 26.7 Å². The highest BCUT2D eigenvalue weighted by Gasteiger charge is 2.36. The smallest absolute Gasteiger partial charge is 0.228 e. The Morgan fingerprint density at radius 3 is 2.78 bits per heavy atom. The molecule has 0 bridgehead atoms. The van der Waals surface area contributed by atoms with Crippen molar-refractivity contribution in [3.05, 3.63) is 0 Å². The number of aliphatic hydroxyl groups excluding tert-OH is 1. The summed E-state index contributed by atoms with van der Waals surface area (Å²) < 4.78 is 0. The number of likely N-dealkylation sites (tertiary alicyclic amines) is 2. The van der Waals surface area contributed by atoms with Crippen molar-refractivity contribution in [3.63, 3.8) is 0 Å². The van der Waals surface area contributed by atoms with Gasteiger partial charge in [-0.05, 0) is 12.8 Å². The molecule has 0 aromatic carbocycles. The zero-order chi connectivity index (χ0) is 13.1. The van der Waals surface area contributed by atoms with E-state index in [0.29, 0.717) is 13.0 Å². The molecule has 2 saturated heterocycles. The number of amides is 2. The van der Waals surface area contributed by atoms with E-state index in [2.05, 4.69) is 0 Å². The van der Waals surface area contributed by atoms with Crippen LogP contribution in [0.4, 0.5) is 0 Å². The van der Waals surface area contributed by atoms with Crippen LogP contribution in [0.15, 0.2) is 0 Å². The molecule has 18 heavy (non-hydrogen) atoms. The molecule has 0 aliphatic carbocycles. The van der Waals surface area contributed by atoms with Gasteiger partial charge in [-0.3, -0.25) is 9.59 Å². The van der Waals surface area contributed by atoms with Crippen molar-refractivity contribution in [3.8, 4) is 0 Å². The van der Waals surface area contributed by atoms with Crippen LogP contribution < -0.4 is 0 Å². The van der Waals surface area contributed by atoms with Crippen molar-refractivity contribution >= 4 is 11.8 Å². The van der Waals surface area contributed by atoms with Crippen molar-refractivity contribution in [1.82, 2.24) is 9.80 Å². The van der Waals surface area contributed by atoms with E-state index in [1.165, 1.54) is 0 Å². The molecule has 102 valence electrons. The van der Waals surface area contributed by atoms with E-state index >= 15 is 0 Å². The minimum atomic E-state index is -0.213. The summed E-state index contributed by atoms with van der Waals surface area (Å²) >= 11 is 0. The third kappa shape index (κ3) is 2.66. The maximum Gasteiger partial charge on any atom is 0.228 e. The van der Waals surface area contributed by atoms with Gasteiger partial charge in [0.15, 0.2) is 0 Å². The maximum atomic E-state index is 12.4. The van der Waals surface area contributed by atoms with E-state index in [4.69, 9.17) is 0 Å². The second-order valence-corrected chi connectivity index (χ2v) is 5.39. The van der Waals surface area contributed by atoms with Gasteiger partial charge in [-0.1, -0.05) is 12.8 Å². The van der Waals surface area contributed by atoms with Crippen LogP contribution >= 0.6 is 0 Å². The molecule has 5 nitrogen and oxygen atoms in total. The molecule has 5 heteroatoms. The largest absolute Gasteiger partial charge is 0.394 e. The number of hydrogen-bond donors (Lipinski definition) is 1. The van der Waals surface area contributed by atoms with E-state index in [-0.39, 0.29) is 30.4 Å². The van der Waals surface area contributed by atoms with Crippen molar-refractivity contribution in [2.24, 2.45) is 5.92 Å². The lowest BCUT2D eigenvalue weighted by atomic mass is 10.0. The first-order valence-electron chi connectivity index (χ1n) is 6.78. The van der Waals surface area contributed by atoms with Gasteiger partial charge in [-0.2, -0.15) is 0 Å². The Morgan fingerprint density at radius 1 is 1.39 bits per heavy atom. The summed E-state index contributed by atoms with van der Waals surface area (Å²) in [6.45, 7) is 1.27. The Hall–Kier alpha value is -1.10. The number of hydrogen-bond acceptors (Lipinski definition) is 3. The molecule has 2 rings (SSSR count). The monoisotopic (exact) mass is 254 g/mol. The van der Waals surface area contributed by atoms with Gasteiger partial charge in [0.2, 0.25) is 11.8 Å². The highest BCUT2D eigenvalue weighted by molar-refractivity contribution is 5.89. The molecule has 2 aliphatic heterocycles. The zero-order valence-electron chi connectivity index (χ0n) is 11.0. The molecule has 0 spiro atoms. The minimum absolute atomic E-state index is 0.0300. The summed E-state index contributed by atoms with van der Waals surface area (Å²) in [5.41, 5.74) is 0. The van der Waals surface area contributed by atoms with E-state index in [9.17, 15) is 14.7 Å². The van der Waals surface area contributed by atoms with Crippen LogP contribution in [0.3, 0.4) is 0 Å². The number of rotatable bonds is 2. The maximum absolute atomic E-state index is 12.4. The molecular formula is C13H22N2O3. The van der Waals surface area contributed by atoms with Crippen molar-refractivity contribution in [1.29, 1.82) is 0 Å². The Balaban J connectivity index is 2.04. The molecule has 0 saturated carbocycles. The molecule has 2 heterocycles.